The molecule has 0 bridgehead atoms. The molecule has 2 heterocycles. The van der Waals surface area contributed by atoms with Crippen LogP contribution in [-0.4, -0.2) is 31.7 Å². The average molecular weight is 218 g/mol. The number of anilines is 1. The van der Waals surface area contributed by atoms with Crippen molar-refractivity contribution in [2.45, 2.75) is 12.5 Å². The van der Waals surface area contributed by atoms with Crippen LogP contribution < -0.4 is 10.6 Å². The molecule has 2 aliphatic rings. The van der Waals surface area contributed by atoms with E-state index in [1.165, 1.54) is 5.56 Å². The van der Waals surface area contributed by atoms with Gasteiger partial charge in [-0.05, 0) is 30.2 Å². The van der Waals surface area contributed by atoms with Crippen LogP contribution in [-0.2, 0) is 11.2 Å². The van der Waals surface area contributed by atoms with Crippen molar-refractivity contribution in [2.75, 3.05) is 25.1 Å². The maximum absolute atomic E-state index is 11.9. The third-order valence-electron chi connectivity index (χ3n) is 3.05. The number of ether oxygens (including phenoxy) is 1. The van der Waals surface area contributed by atoms with Gasteiger partial charge >= 0.3 is 0 Å². The van der Waals surface area contributed by atoms with Gasteiger partial charge in [0.05, 0.1) is 19.3 Å². The third kappa shape index (κ3) is 1.65. The minimum Gasteiger partial charge on any atom is -0.384 e. The SMILES string of the molecule is O=C(NC1COC1)c1ccc2c(c1)CCN2. The predicted molar refractivity (Wildman–Crippen MR) is 60.7 cm³/mol. The Kier molecular flexibility index (Phi) is 2.29. The number of amides is 1. The van der Waals surface area contributed by atoms with Gasteiger partial charge in [0, 0.05) is 17.8 Å². The highest BCUT2D eigenvalue weighted by Crippen LogP contribution is 2.23. The number of rotatable bonds is 2. The third-order valence-corrected chi connectivity index (χ3v) is 3.05. The Hall–Kier alpha value is -1.55. The first-order valence-corrected chi connectivity index (χ1v) is 5.58. The quantitative estimate of drug-likeness (QED) is 0.771. The van der Waals surface area contributed by atoms with Crippen LogP contribution in [0, 0.1) is 0 Å². The van der Waals surface area contributed by atoms with Gasteiger partial charge < -0.3 is 15.4 Å². The lowest BCUT2D eigenvalue weighted by Crippen LogP contribution is -2.48. The number of hydrogen-bond acceptors (Lipinski definition) is 3. The maximum atomic E-state index is 11.9. The van der Waals surface area contributed by atoms with E-state index in [2.05, 4.69) is 10.6 Å². The first-order valence-electron chi connectivity index (χ1n) is 5.58. The van der Waals surface area contributed by atoms with Crippen LogP contribution in [0.1, 0.15) is 15.9 Å². The summed E-state index contributed by atoms with van der Waals surface area (Å²) in [4.78, 5) is 11.9. The van der Waals surface area contributed by atoms with Crippen molar-refractivity contribution in [3.05, 3.63) is 29.3 Å². The molecule has 1 amide bonds. The Bertz CT molecular complexity index is 427. The number of carbonyl (C=O) groups is 1. The van der Waals surface area contributed by atoms with Crippen LogP contribution >= 0.6 is 0 Å². The summed E-state index contributed by atoms with van der Waals surface area (Å²) in [5.41, 5.74) is 3.13. The van der Waals surface area contributed by atoms with Crippen molar-refractivity contribution in [3.8, 4) is 0 Å². The molecular weight excluding hydrogens is 204 g/mol. The average Bonchev–Trinajstić information content (AvgIpc) is 2.69. The Morgan fingerprint density at radius 1 is 1.44 bits per heavy atom. The monoisotopic (exact) mass is 218 g/mol. The second-order valence-electron chi connectivity index (χ2n) is 4.26. The molecule has 0 spiro atoms. The molecule has 4 heteroatoms. The van der Waals surface area contributed by atoms with E-state index in [0.717, 1.165) is 24.2 Å². The fourth-order valence-electron chi connectivity index (χ4n) is 2.03. The number of hydrogen-bond donors (Lipinski definition) is 2. The molecule has 84 valence electrons. The van der Waals surface area contributed by atoms with Gasteiger partial charge in [-0.3, -0.25) is 4.79 Å². The van der Waals surface area contributed by atoms with E-state index in [4.69, 9.17) is 4.74 Å². The van der Waals surface area contributed by atoms with Crippen LogP contribution in [0.3, 0.4) is 0 Å². The van der Waals surface area contributed by atoms with E-state index < -0.39 is 0 Å². The summed E-state index contributed by atoms with van der Waals surface area (Å²) in [6.45, 7) is 2.24. The van der Waals surface area contributed by atoms with Crippen molar-refractivity contribution in [1.29, 1.82) is 0 Å². The molecule has 0 saturated carbocycles. The van der Waals surface area contributed by atoms with Gasteiger partial charge in [-0.15, -0.1) is 0 Å². The van der Waals surface area contributed by atoms with Gasteiger partial charge in [0.25, 0.3) is 5.91 Å². The van der Waals surface area contributed by atoms with Gasteiger partial charge in [-0.2, -0.15) is 0 Å². The fourth-order valence-corrected chi connectivity index (χ4v) is 2.03. The van der Waals surface area contributed by atoms with E-state index in [1.54, 1.807) is 0 Å². The number of benzene rings is 1. The van der Waals surface area contributed by atoms with Gasteiger partial charge in [0.1, 0.15) is 0 Å². The van der Waals surface area contributed by atoms with Crippen molar-refractivity contribution in [1.82, 2.24) is 5.32 Å². The smallest absolute Gasteiger partial charge is 0.251 e. The Morgan fingerprint density at radius 2 is 2.31 bits per heavy atom. The topological polar surface area (TPSA) is 50.4 Å². The van der Waals surface area contributed by atoms with Gasteiger partial charge in [-0.1, -0.05) is 0 Å². The number of carbonyl (C=O) groups excluding carboxylic acids is 1. The van der Waals surface area contributed by atoms with Gasteiger partial charge in [-0.25, -0.2) is 0 Å². The van der Waals surface area contributed by atoms with Gasteiger partial charge in [0.2, 0.25) is 0 Å². The lowest BCUT2D eigenvalue weighted by atomic mass is 10.1. The molecule has 2 aliphatic heterocycles. The summed E-state index contributed by atoms with van der Waals surface area (Å²) in [7, 11) is 0. The highest BCUT2D eigenvalue weighted by atomic mass is 16.5. The van der Waals surface area contributed by atoms with Crippen molar-refractivity contribution >= 4 is 11.6 Å². The van der Waals surface area contributed by atoms with Crippen LogP contribution in [0.5, 0.6) is 0 Å². The summed E-state index contributed by atoms with van der Waals surface area (Å²) < 4.78 is 5.02. The summed E-state index contributed by atoms with van der Waals surface area (Å²) >= 11 is 0. The molecule has 16 heavy (non-hydrogen) atoms. The van der Waals surface area contributed by atoms with E-state index >= 15 is 0 Å². The summed E-state index contributed by atoms with van der Waals surface area (Å²) in [5.74, 6) is 0.00278. The Labute approximate surface area is 94.0 Å². The summed E-state index contributed by atoms with van der Waals surface area (Å²) in [5, 5.41) is 6.22. The molecule has 4 nitrogen and oxygen atoms in total. The lowest BCUT2D eigenvalue weighted by molar-refractivity contribution is -0.00346. The van der Waals surface area contributed by atoms with Crippen LogP contribution in [0.25, 0.3) is 0 Å². The highest BCUT2D eigenvalue weighted by Gasteiger charge is 2.21. The predicted octanol–water partition coefficient (Wildman–Crippen LogP) is 0.783. The van der Waals surface area contributed by atoms with E-state index in [1.807, 2.05) is 18.2 Å². The normalized spacial score (nSPS) is 18.5. The van der Waals surface area contributed by atoms with Crippen LogP contribution in [0.15, 0.2) is 18.2 Å². The van der Waals surface area contributed by atoms with Gasteiger partial charge in [0.15, 0.2) is 0 Å². The zero-order valence-electron chi connectivity index (χ0n) is 8.95. The van der Waals surface area contributed by atoms with Crippen molar-refractivity contribution in [3.63, 3.8) is 0 Å². The first-order chi connectivity index (χ1) is 7.83. The standard InChI is InChI=1S/C12H14N2O2/c15-12(14-10-6-16-7-10)9-1-2-11-8(5-9)3-4-13-11/h1-2,5,10,13H,3-4,6-7H2,(H,14,15). The minimum atomic E-state index is 0.00278. The molecule has 1 aromatic carbocycles. The number of nitrogens with one attached hydrogen (secondary N) is 2. The fraction of sp³-hybridized carbons (Fsp3) is 0.417. The molecule has 1 saturated heterocycles. The molecule has 1 fully saturated rings. The lowest BCUT2D eigenvalue weighted by Gasteiger charge is -2.26. The molecule has 0 radical (unpaired) electrons. The molecule has 2 N–H and O–H groups in total. The van der Waals surface area contributed by atoms with Crippen LogP contribution in [0.2, 0.25) is 0 Å². The van der Waals surface area contributed by atoms with Crippen molar-refractivity contribution in [2.24, 2.45) is 0 Å². The van der Waals surface area contributed by atoms with Crippen LogP contribution in [0.4, 0.5) is 5.69 Å². The molecular formula is C12H14N2O2. The molecule has 0 aromatic heterocycles. The van der Waals surface area contributed by atoms with E-state index in [0.29, 0.717) is 13.2 Å². The van der Waals surface area contributed by atoms with E-state index in [-0.39, 0.29) is 11.9 Å². The summed E-state index contributed by atoms with van der Waals surface area (Å²) in [6, 6.07) is 6.02. The molecule has 0 unspecified atom stereocenters. The largest absolute Gasteiger partial charge is 0.384 e. The number of fused-ring (bicyclic) bond motifs is 1. The molecule has 0 atom stereocenters. The van der Waals surface area contributed by atoms with Crippen molar-refractivity contribution < 1.29 is 9.53 Å². The Morgan fingerprint density at radius 3 is 3.06 bits per heavy atom. The van der Waals surface area contributed by atoms with E-state index in [9.17, 15) is 4.79 Å². The minimum absolute atomic E-state index is 0.00278. The second-order valence-corrected chi connectivity index (χ2v) is 4.26. The molecule has 1 aromatic rings. The first kappa shape index (κ1) is 9.66. The Balaban J connectivity index is 1.75. The zero-order chi connectivity index (χ0) is 11.0. The zero-order valence-corrected chi connectivity index (χ0v) is 8.95. The molecule has 0 aliphatic carbocycles. The maximum Gasteiger partial charge on any atom is 0.251 e. The highest BCUT2D eigenvalue weighted by molar-refractivity contribution is 5.95. The molecule has 3 rings (SSSR count). The summed E-state index contributed by atoms with van der Waals surface area (Å²) in [6.07, 6.45) is 1.00. The second kappa shape index (κ2) is 3.79.